The monoisotopic (exact) mass is 358 g/mol. The molecule has 2 rings (SSSR count). The molecule has 0 N–H and O–H groups in total. The second-order valence-electron chi connectivity index (χ2n) is 5.01. The van der Waals surface area contributed by atoms with Crippen molar-refractivity contribution in [3.63, 3.8) is 0 Å². The predicted molar refractivity (Wildman–Crippen MR) is 80.5 cm³/mol. The first-order chi connectivity index (χ1) is 8.70. The van der Waals surface area contributed by atoms with Gasteiger partial charge < -0.3 is 4.74 Å². The van der Waals surface area contributed by atoms with Gasteiger partial charge in [0.2, 0.25) is 0 Å². The van der Waals surface area contributed by atoms with Crippen molar-refractivity contribution in [2.45, 2.75) is 38.0 Å². The van der Waals surface area contributed by atoms with Crippen LogP contribution in [0.1, 0.15) is 43.6 Å². The zero-order valence-electron chi connectivity index (χ0n) is 10.7. The number of hydrogen-bond acceptors (Lipinski definition) is 2. The highest BCUT2D eigenvalue weighted by Crippen LogP contribution is 2.34. The highest BCUT2D eigenvalue weighted by atomic mass is 127. The fourth-order valence-electron chi connectivity index (χ4n) is 2.79. The summed E-state index contributed by atoms with van der Waals surface area (Å²) in [7, 11) is 1.48. The number of methoxy groups -OCH3 is 1. The first-order valence-corrected chi connectivity index (χ1v) is 7.62. The van der Waals surface area contributed by atoms with Crippen LogP contribution in [0.2, 0.25) is 0 Å². The van der Waals surface area contributed by atoms with Crippen LogP contribution in [0.4, 0.5) is 0 Å². The Labute approximate surface area is 122 Å². The molecule has 1 saturated carbocycles. The molecule has 98 valence electrons. The maximum absolute atomic E-state index is 12.0. The molecule has 0 amide bonds. The number of carbonyl (C=O) groups excluding carboxylic acids is 1. The third-order valence-electron chi connectivity index (χ3n) is 3.80. The van der Waals surface area contributed by atoms with Crippen LogP contribution in [0.5, 0.6) is 0 Å². The lowest BCUT2D eigenvalue weighted by molar-refractivity contribution is -0.142. The first-order valence-electron chi connectivity index (χ1n) is 6.54. The first kappa shape index (κ1) is 13.8. The lowest BCUT2D eigenvalue weighted by Crippen LogP contribution is -2.17. The smallest absolute Gasteiger partial charge is 0.313 e. The molecule has 1 fully saturated rings. The van der Waals surface area contributed by atoms with Crippen molar-refractivity contribution in [1.29, 1.82) is 0 Å². The summed E-state index contributed by atoms with van der Waals surface area (Å²) in [5.74, 6) is 0.506. The molecule has 0 aliphatic heterocycles. The molecule has 1 aromatic rings. The van der Waals surface area contributed by atoms with Crippen LogP contribution in [0.3, 0.4) is 0 Å². The second-order valence-corrected chi connectivity index (χ2v) is 6.26. The normalized spacial score (nSPS) is 17.7. The molecule has 3 heteroatoms. The van der Waals surface area contributed by atoms with Gasteiger partial charge in [0.05, 0.1) is 13.0 Å². The van der Waals surface area contributed by atoms with Crippen LogP contribution in [0.15, 0.2) is 24.3 Å². The topological polar surface area (TPSA) is 26.3 Å². The van der Waals surface area contributed by atoms with Gasteiger partial charge in [-0.15, -0.1) is 0 Å². The fraction of sp³-hybridized carbons (Fsp3) is 0.533. The van der Waals surface area contributed by atoms with Gasteiger partial charge in [-0.2, -0.15) is 0 Å². The summed E-state index contributed by atoms with van der Waals surface area (Å²) >= 11 is 2.28. The number of benzene rings is 1. The van der Waals surface area contributed by atoms with Gasteiger partial charge in [-0.3, -0.25) is 4.79 Å². The molecule has 1 aliphatic rings. The van der Waals surface area contributed by atoms with E-state index in [0.29, 0.717) is 5.92 Å². The quantitative estimate of drug-likeness (QED) is 0.598. The van der Waals surface area contributed by atoms with Gasteiger partial charge in [-0.25, -0.2) is 0 Å². The summed E-state index contributed by atoms with van der Waals surface area (Å²) in [6, 6.07) is 8.22. The number of ether oxygens (including phenoxy) is 1. The van der Waals surface area contributed by atoms with Crippen molar-refractivity contribution in [3.05, 3.63) is 33.4 Å². The minimum atomic E-state index is -0.0943. The van der Waals surface area contributed by atoms with Gasteiger partial charge in [0.25, 0.3) is 0 Å². The van der Waals surface area contributed by atoms with Gasteiger partial charge in [-0.05, 0) is 52.6 Å². The minimum absolute atomic E-state index is 0.0879. The van der Waals surface area contributed by atoms with Crippen LogP contribution in [0.25, 0.3) is 0 Å². The Balaban J connectivity index is 2.13. The van der Waals surface area contributed by atoms with Crippen LogP contribution < -0.4 is 0 Å². The van der Waals surface area contributed by atoms with E-state index in [0.717, 1.165) is 12.0 Å². The molecule has 2 nitrogen and oxygen atoms in total. The van der Waals surface area contributed by atoms with Crippen LogP contribution >= 0.6 is 22.6 Å². The number of halogens is 1. The van der Waals surface area contributed by atoms with E-state index in [2.05, 4.69) is 46.9 Å². The molecule has 1 aliphatic carbocycles. The van der Waals surface area contributed by atoms with Crippen molar-refractivity contribution in [1.82, 2.24) is 0 Å². The standard InChI is InChI=1S/C15H19IO2/c1-18-15(17)14(10-11-4-2-3-5-11)12-6-8-13(16)9-7-12/h6-9,11,14H,2-5,10H2,1H3/t14-/m0/s1. The van der Waals surface area contributed by atoms with E-state index in [1.165, 1.54) is 36.4 Å². The van der Waals surface area contributed by atoms with Crippen molar-refractivity contribution in [2.75, 3.05) is 7.11 Å². The summed E-state index contributed by atoms with van der Waals surface area (Å²) in [6.45, 7) is 0. The third kappa shape index (κ3) is 3.46. The summed E-state index contributed by atoms with van der Waals surface area (Å²) in [6.07, 6.45) is 6.08. The minimum Gasteiger partial charge on any atom is -0.469 e. The molecule has 18 heavy (non-hydrogen) atoms. The largest absolute Gasteiger partial charge is 0.469 e. The van der Waals surface area contributed by atoms with Crippen molar-refractivity contribution in [3.8, 4) is 0 Å². The molecule has 1 atom stereocenters. The average Bonchev–Trinajstić information content (AvgIpc) is 2.89. The summed E-state index contributed by atoms with van der Waals surface area (Å²) in [5, 5.41) is 0. The van der Waals surface area contributed by atoms with E-state index in [1.54, 1.807) is 0 Å². The zero-order valence-corrected chi connectivity index (χ0v) is 12.9. The molecule has 0 spiro atoms. The van der Waals surface area contributed by atoms with Crippen molar-refractivity contribution < 1.29 is 9.53 Å². The number of esters is 1. The van der Waals surface area contributed by atoms with Crippen LogP contribution in [0, 0.1) is 9.49 Å². The fourth-order valence-corrected chi connectivity index (χ4v) is 3.14. The van der Waals surface area contributed by atoms with Gasteiger partial charge >= 0.3 is 5.97 Å². The molecular weight excluding hydrogens is 339 g/mol. The lowest BCUT2D eigenvalue weighted by atomic mass is 9.88. The predicted octanol–water partition coefficient (Wildman–Crippen LogP) is 4.13. The van der Waals surface area contributed by atoms with E-state index in [9.17, 15) is 4.79 Å². The Morgan fingerprint density at radius 3 is 2.50 bits per heavy atom. The Morgan fingerprint density at radius 1 is 1.33 bits per heavy atom. The molecule has 0 bridgehead atoms. The van der Waals surface area contributed by atoms with Crippen LogP contribution in [-0.2, 0) is 9.53 Å². The van der Waals surface area contributed by atoms with E-state index in [1.807, 2.05) is 0 Å². The summed E-state index contributed by atoms with van der Waals surface area (Å²) in [4.78, 5) is 12.0. The molecule has 1 aromatic carbocycles. The third-order valence-corrected chi connectivity index (χ3v) is 4.52. The average molecular weight is 358 g/mol. The molecule has 0 saturated heterocycles. The van der Waals surface area contributed by atoms with Gasteiger partial charge in [0.1, 0.15) is 0 Å². The van der Waals surface area contributed by atoms with E-state index in [-0.39, 0.29) is 11.9 Å². The molecule has 0 heterocycles. The van der Waals surface area contributed by atoms with Gasteiger partial charge in [-0.1, -0.05) is 37.8 Å². The highest BCUT2D eigenvalue weighted by molar-refractivity contribution is 14.1. The van der Waals surface area contributed by atoms with E-state index < -0.39 is 0 Å². The SMILES string of the molecule is COC(=O)[C@@H](CC1CCCC1)c1ccc(I)cc1. The van der Waals surface area contributed by atoms with Crippen molar-refractivity contribution >= 4 is 28.6 Å². The molecule has 0 radical (unpaired) electrons. The Morgan fingerprint density at radius 2 is 1.94 bits per heavy atom. The maximum Gasteiger partial charge on any atom is 0.313 e. The Kier molecular flexibility index (Phi) is 5.03. The maximum atomic E-state index is 12.0. The molecular formula is C15H19IO2. The summed E-state index contributed by atoms with van der Waals surface area (Å²) in [5.41, 5.74) is 1.09. The van der Waals surface area contributed by atoms with E-state index >= 15 is 0 Å². The van der Waals surface area contributed by atoms with Crippen molar-refractivity contribution in [2.24, 2.45) is 5.92 Å². The zero-order chi connectivity index (χ0) is 13.0. The number of rotatable bonds is 4. The lowest BCUT2D eigenvalue weighted by Gasteiger charge is -2.18. The van der Waals surface area contributed by atoms with Gasteiger partial charge in [0, 0.05) is 3.57 Å². The van der Waals surface area contributed by atoms with E-state index in [4.69, 9.17) is 4.74 Å². The molecule has 0 aromatic heterocycles. The Hall–Kier alpha value is -0.580. The summed E-state index contributed by atoms with van der Waals surface area (Å²) < 4.78 is 6.16. The number of carbonyl (C=O) groups is 1. The molecule has 0 unspecified atom stereocenters. The highest BCUT2D eigenvalue weighted by Gasteiger charge is 2.27. The van der Waals surface area contributed by atoms with Crippen LogP contribution in [-0.4, -0.2) is 13.1 Å². The Bertz CT molecular complexity index is 393. The van der Waals surface area contributed by atoms with Gasteiger partial charge in [0.15, 0.2) is 0 Å². The second kappa shape index (κ2) is 6.55. The number of hydrogen-bond donors (Lipinski definition) is 0.